The van der Waals surface area contributed by atoms with E-state index in [0.717, 1.165) is 18.1 Å². The molecule has 0 saturated heterocycles. The van der Waals surface area contributed by atoms with Crippen LogP contribution in [0, 0.1) is 0 Å². The molecule has 3 rings (SSSR count). The number of fused-ring (bicyclic) bond motifs is 1. The minimum atomic E-state index is -0.464. The third-order valence-corrected chi connectivity index (χ3v) is 3.93. The van der Waals surface area contributed by atoms with Gasteiger partial charge in [0.1, 0.15) is 5.75 Å². The number of rotatable bonds is 8. The molecule has 0 amide bonds. The third-order valence-electron chi connectivity index (χ3n) is 3.93. The lowest BCUT2D eigenvalue weighted by Crippen LogP contribution is -2.21. The highest BCUT2D eigenvalue weighted by atomic mass is 16.5. The molecular weight excluding hydrogens is 304 g/mol. The predicted molar refractivity (Wildman–Crippen MR) is 90.8 cm³/mol. The highest BCUT2D eigenvalue weighted by molar-refractivity contribution is 5.83. The molecule has 1 aliphatic carbocycles. The molecule has 2 aromatic rings. The Morgan fingerprint density at radius 2 is 1.92 bits per heavy atom. The van der Waals surface area contributed by atoms with Crippen molar-refractivity contribution in [2.24, 2.45) is 0 Å². The van der Waals surface area contributed by atoms with Gasteiger partial charge in [-0.1, -0.05) is 43.0 Å². The van der Waals surface area contributed by atoms with Crippen molar-refractivity contribution in [1.82, 2.24) is 0 Å². The fourth-order valence-corrected chi connectivity index (χ4v) is 2.61. The molecule has 0 N–H and O–H groups in total. The molecule has 0 spiro atoms. The van der Waals surface area contributed by atoms with E-state index in [-0.39, 0.29) is 6.10 Å². The van der Waals surface area contributed by atoms with Gasteiger partial charge in [-0.2, -0.15) is 0 Å². The number of hydrogen-bond donors (Lipinski definition) is 0. The van der Waals surface area contributed by atoms with Gasteiger partial charge in [0.25, 0.3) is 0 Å². The Morgan fingerprint density at radius 1 is 1.12 bits per heavy atom. The summed E-state index contributed by atoms with van der Waals surface area (Å²) in [5.74, 6) is 0.0318. The van der Waals surface area contributed by atoms with Gasteiger partial charge in [-0.05, 0) is 28.8 Å². The molecule has 2 aromatic carbocycles. The van der Waals surface area contributed by atoms with Gasteiger partial charge in [0.2, 0.25) is 0 Å². The fraction of sp³-hybridized carbons (Fsp3) is 0.250. The van der Waals surface area contributed by atoms with Crippen LogP contribution in [0.3, 0.4) is 0 Å². The van der Waals surface area contributed by atoms with Gasteiger partial charge in [0.05, 0.1) is 25.9 Å². The summed E-state index contributed by atoms with van der Waals surface area (Å²) in [7, 11) is 0. The standard InChI is InChI=1S/C20H20O4/c1-2-20(21)24-17-9-7-15(8-10-17)14-22-11-12-23-19-13-16-5-3-4-6-18(16)19/h2-10,19H,1,11-14H2. The molecule has 0 bridgehead atoms. The van der Waals surface area contributed by atoms with Gasteiger partial charge in [-0.3, -0.25) is 0 Å². The second kappa shape index (κ2) is 7.90. The SMILES string of the molecule is C=CC(=O)Oc1ccc(COCCOC2Cc3ccccc32)cc1. The van der Waals surface area contributed by atoms with E-state index in [4.69, 9.17) is 14.2 Å². The topological polar surface area (TPSA) is 44.8 Å². The average molecular weight is 324 g/mol. The van der Waals surface area contributed by atoms with Crippen molar-refractivity contribution in [3.63, 3.8) is 0 Å². The van der Waals surface area contributed by atoms with Crippen LogP contribution in [0.1, 0.15) is 22.8 Å². The maximum absolute atomic E-state index is 11.1. The molecule has 0 saturated carbocycles. The van der Waals surface area contributed by atoms with E-state index in [1.165, 1.54) is 11.1 Å². The first-order valence-electron chi connectivity index (χ1n) is 7.96. The molecular formula is C20H20O4. The van der Waals surface area contributed by atoms with Crippen LogP contribution in [0.25, 0.3) is 0 Å². The van der Waals surface area contributed by atoms with Crippen molar-refractivity contribution in [2.45, 2.75) is 19.1 Å². The molecule has 1 atom stereocenters. The summed E-state index contributed by atoms with van der Waals surface area (Å²) in [5.41, 5.74) is 3.69. The second-order valence-electron chi connectivity index (χ2n) is 5.58. The molecule has 4 nitrogen and oxygen atoms in total. The highest BCUT2D eigenvalue weighted by Gasteiger charge is 2.25. The molecule has 24 heavy (non-hydrogen) atoms. The number of carbonyl (C=O) groups excluding carboxylic acids is 1. The Bertz CT molecular complexity index is 706. The molecule has 1 unspecified atom stereocenters. The van der Waals surface area contributed by atoms with Crippen LogP contribution in [-0.4, -0.2) is 19.2 Å². The normalized spacial score (nSPS) is 15.2. The zero-order valence-electron chi connectivity index (χ0n) is 13.4. The number of ether oxygens (including phenoxy) is 3. The minimum Gasteiger partial charge on any atom is -0.423 e. The van der Waals surface area contributed by atoms with Crippen LogP contribution in [0.2, 0.25) is 0 Å². The van der Waals surface area contributed by atoms with Gasteiger partial charge < -0.3 is 14.2 Å². The van der Waals surface area contributed by atoms with Gasteiger partial charge in [0, 0.05) is 12.5 Å². The summed E-state index contributed by atoms with van der Waals surface area (Å²) in [6.45, 7) is 4.99. The fourth-order valence-electron chi connectivity index (χ4n) is 2.61. The zero-order valence-corrected chi connectivity index (χ0v) is 13.4. The van der Waals surface area contributed by atoms with E-state index in [1.807, 2.05) is 18.2 Å². The van der Waals surface area contributed by atoms with Crippen molar-refractivity contribution in [1.29, 1.82) is 0 Å². The summed E-state index contributed by atoms with van der Waals surface area (Å²) in [4.78, 5) is 11.1. The molecule has 0 radical (unpaired) electrons. The Kier molecular flexibility index (Phi) is 5.41. The quantitative estimate of drug-likeness (QED) is 0.322. The van der Waals surface area contributed by atoms with Gasteiger partial charge >= 0.3 is 5.97 Å². The molecule has 4 heteroatoms. The van der Waals surface area contributed by atoms with E-state index >= 15 is 0 Å². The monoisotopic (exact) mass is 324 g/mol. The van der Waals surface area contributed by atoms with Crippen LogP contribution >= 0.6 is 0 Å². The third kappa shape index (κ3) is 4.10. The van der Waals surface area contributed by atoms with Crippen LogP contribution in [0.4, 0.5) is 0 Å². The Labute approximate surface area is 141 Å². The molecule has 1 aliphatic rings. The zero-order chi connectivity index (χ0) is 16.8. The lowest BCUT2D eigenvalue weighted by molar-refractivity contribution is -0.128. The van der Waals surface area contributed by atoms with E-state index < -0.39 is 5.97 Å². The van der Waals surface area contributed by atoms with Gasteiger partial charge in [-0.15, -0.1) is 0 Å². The van der Waals surface area contributed by atoms with E-state index in [0.29, 0.717) is 25.6 Å². The first-order chi connectivity index (χ1) is 11.8. The Balaban J connectivity index is 1.34. The number of hydrogen-bond acceptors (Lipinski definition) is 4. The second-order valence-corrected chi connectivity index (χ2v) is 5.58. The average Bonchev–Trinajstić information content (AvgIpc) is 2.59. The van der Waals surface area contributed by atoms with Crippen LogP contribution < -0.4 is 4.74 Å². The first kappa shape index (κ1) is 16.4. The van der Waals surface area contributed by atoms with E-state index in [2.05, 4.69) is 24.8 Å². The summed E-state index contributed by atoms with van der Waals surface area (Å²) >= 11 is 0. The summed E-state index contributed by atoms with van der Waals surface area (Å²) in [6.07, 6.45) is 2.34. The maximum Gasteiger partial charge on any atom is 0.335 e. The summed E-state index contributed by atoms with van der Waals surface area (Å²) in [6, 6.07) is 15.6. The van der Waals surface area contributed by atoms with Crippen molar-refractivity contribution < 1.29 is 19.0 Å². The summed E-state index contributed by atoms with van der Waals surface area (Å²) < 4.78 is 16.5. The molecule has 0 aliphatic heterocycles. The smallest absolute Gasteiger partial charge is 0.335 e. The molecule has 0 fully saturated rings. The van der Waals surface area contributed by atoms with Crippen molar-refractivity contribution in [3.05, 3.63) is 77.9 Å². The largest absolute Gasteiger partial charge is 0.423 e. The van der Waals surface area contributed by atoms with Crippen molar-refractivity contribution >= 4 is 5.97 Å². The lowest BCUT2D eigenvalue weighted by Gasteiger charge is -2.29. The Hall–Kier alpha value is -2.43. The van der Waals surface area contributed by atoms with Crippen molar-refractivity contribution in [3.8, 4) is 5.75 Å². The van der Waals surface area contributed by atoms with Gasteiger partial charge in [-0.25, -0.2) is 4.79 Å². The number of carbonyl (C=O) groups is 1. The van der Waals surface area contributed by atoms with Gasteiger partial charge in [0.15, 0.2) is 0 Å². The van der Waals surface area contributed by atoms with Crippen LogP contribution in [-0.2, 0) is 27.3 Å². The minimum absolute atomic E-state index is 0.212. The van der Waals surface area contributed by atoms with Crippen LogP contribution in [0.5, 0.6) is 5.75 Å². The first-order valence-corrected chi connectivity index (χ1v) is 7.96. The maximum atomic E-state index is 11.1. The summed E-state index contributed by atoms with van der Waals surface area (Å²) in [5, 5.41) is 0. The molecule has 124 valence electrons. The highest BCUT2D eigenvalue weighted by Crippen LogP contribution is 2.35. The number of esters is 1. The predicted octanol–water partition coefficient (Wildman–Crippen LogP) is 3.61. The molecule has 0 aromatic heterocycles. The lowest BCUT2D eigenvalue weighted by atomic mass is 9.85. The van der Waals surface area contributed by atoms with E-state index in [1.54, 1.807) is 12.1 Å². The van der Waals surface area contributed by atoms with Crippen LogP contribution in [0.15, 0.2) is 61.2 Å². The van der Waals surface area contributed by atoms with Crippen molar-refractivity contribution in [2.75, 3.05) is 13.2 Å². The van der Waals surface area contributed by atoms with E-state index in [9.17, 15) is 4.79 Å². The number of benzene rings is 2. The Morgan fingerprint density at radius 3 is 2.67 bits per heavy atom. The molecule has 0 heterocycles.